The van der Waals surface area contributed by atoms with E-state index in [0.717, 1.165) is 43.8 Å². The first-order valence-corrected chi connectivity index (χ1v) is 7.10. The highest BCUT2D eigenvalue weighted by atomic mass is 16.5. The fraction of sp³-hybridized carbons (Fsp3) is 0.500. The van der Waals surface area contributed by atoms with Gasteiger partial charge in [-0.2, -0.15) is 0 Å². The zero-order chi connectivity index (χ0) is 14.2. The Morgan fingerprint density at radius 3 is 2.60 bits per heavy atom. The molecule has 1 aromatic carbocycles. The van der Waals surface area contributed by atoms with E-state index in [0.29, 0.717) is 13.2 Å². The fourth-order valence-corrected chi connectivity index (χ4v) is 2.22. The third kappa shape index (κ3) is 4.86. The molecule has 0 aliphatic carbocycles. The number of piperidine rings is 1. The third-order valence-electron chi connectivity index (χ3n) is 3.42. The van der Waals surface area contributed by atoms with Crippen LogP contribution in [0.4, 0.5) is 0 Å². The van der Waals surface area contributed by atoms with Crippen molar-refractivity contribution in [2.24, 2.45) is 5.73 Å². The lowest BCUT2D eigenvalue weighted by atomic mass is 10.1. The summed E-state index contributed by atoms with van der Waals surface area (Å²) in [6, 6.07) is 7.74. The molecule has 3 N–H and O–H groups in total. The van der Waals surface area contributed by atoms with E-state index in [1.807, 2.05) is 24.3 Å². The number of hydrogen-bond donors (Lipinski definition) is 2. The van der Waals surface area contributed by atoms with Crippen molar-refractivity contribution in [3.8, 4) is 17.6 Å². The van der Waals surface area contributed by atoms with E-state index in [-0.39, 0.29) is 6.10 Å². The van der Waals surface area contributed by atoms with Crippen molar-refractivity contribution in [2.45, 2.75) is 18.9 Å². The van der Waals surface area contributed by atoms with Crippen LogP contribution < -0.4 is 10.5 Å². The average Bonchev–Trinajstić information content (AvgIpc) is 2.48. The minimum Gasteiger partial charge on any atom is -0.492 e. The highest BCUT2D eigenvalue weighted by molar-refractivity contribution is 5.38. The molecule has 1 heterocycles. The summed E-state index contributed by atoms with van der Waals surface area (Å²) in [5.74, 6) is 6.67. The Bertz CT molecular complexity index is 454. The van der Waals surface area contributed by atoms with Gasteiger partial charge in [0, 0.05) is 25.2 Å². The molecule has 0 amide bonds. The van der Waals surface area contributed by atoms with Crippen LogP contribution in [0.3, 0.4) is 0 Å². The Morgan fingerprint density at radius 1 is 1.25 bits per heavy atom. The van der Waals surface area contributed by atoms with Crippen molar-refractivity contribution in [3.63, 3.8) is 0 Å². The number of rotatable bonds is 4. The molecule has 1 aromatic rings. The van der Waals surface area contributed by atoms with Gasteiger partial charge in [-0.05, 0) is 37.1 Å². The second kappa shape index (κ2) is 7.91. The maximum atomic E-state index is 9.44. The molecule has 0 bridgehead atoms. The molecule has 108 valence electrons. The summed E-state index contributed by atoms with van der Waals surface area (Å²) in [7, 11) is 0. The van der Waals surface area contributed by atoms with E-state index in [4.69, 9.17) is 10.5 Å². The van der Waals surface area contributed by atoms with Crippen LogP contribution in [0, 0.1) is 11.8 Å². The highest BCUT2D eigenvalue weighted by Gasteiger charge is 2.16. The summed E-state index contributed by atoms with van der Waals surface area (Å²) >= 11 is 0. The first-order valence-electron chi connectivity index (χ1n) is 7.10. The molecule has 20 heavy (non-hydrogen) atoms. The zero-order valence-electron chi connectivity index (χ0n) is 11.7. The molecule has 0 spiro atoms. The van der Waals surface area contributed by atoms with Crippen LogP contribution in [0.2, 0.25) is 0 Å². The van der Waals surface area contributed by atoms with Gasteiger partial charge in [0.15, 0.2) is 0 Å². The predicted molar refractivity (Wildman–Crippen MR) is 79.6 cm³/mol. The highest BCUT2D eigenvalue weighted by Crippen LogP contribution is 2.13. The minimum absolute atomic E-state index is 0.116. The van der Waals surface area contributed by atoms with Gasteiger partial charge in [-0.1, -0.05) is 11.8 Å². The number of likely N-dealkylation sites (tertiary alicyclic amines) is 1. The van der Waals surface area contributed by atoms with Crippen molar-refractivity contribution >= 4 is 0 Å². The van der Waals surface area contributed by atoms with Crippen LogP contribution in [0.1, 0.15) is 18.4 Å². The Hall–Kier alpha value is -1.54. The lowest BCUT2D eigenvalue weighted by Gasteiger charge is -2.29. The summed E-state index contributed by atoms with van der Waals surface area (Å²) in [5.41, 5.74) is 6.28. The number of aliphatic hydroxyl groups is 1. The summed E-state index contributed by atoms with van der Waals surface area (Å²) in [4.78, 5) is 2.33. The number of hydrogen-bond acceptors (Lipinski definition) is 4. The number of ether oxygens (including phenoxy) is 1. The van der Waals surface area contributed by atoms with Gasteiger partial charge >= 0.3 is 0 Å². The Morgan fingerprint density at radius 2 is 1.95 bits per heavy atom. The van der Waals surface area contributed by atoms with Crippen molar-refractivity contribution in [1.29, 1.82) is 0 Å². The van der Waals surface area contributed by atoms with Gasteiger partial charge in [-0.25, -0.2) is 0 Å². The van der Waals surface area contributed by atoms with Crippen molar-refractivity contribution in [1.82, 2.24) is 4.90 Å². The largest absolute Gasteiger partial charge is 0.492 e. The van der Waals surface area contributed by atoms with E-state index >= 15 is 0 Å². The Kier molecular flexibility index (Phi) is 5.87. The van der Waals surface area contributed by atoms with Gasteiger partial charge in [0.25, 0.3) is 0 Å². The lowest BCUT2D eigenvalue weighted by molar-refractivity contribution is 0.0755. The van der Waals surface area contributed by atoms with Crippen LogP contribution in [0.5, 0.6) is 5.75 Å². The Balaban J connectivity index is 1.71. The Labute approximate surface area is 120 Å². The monoisotopic (exact) mass is 274 g/mol. The van der Waals surface area contributed by atoms with Crippen LogP contribution in [-0.2, 0) is 0 Å². The van der Waals surface area contributed by atoms with Crippen molar-refractivity contribution in [2.75, 3.05) is 32.8 Å². The molecule has 1 fully saturated rings. The predicted octanol–water partition coefficient (Wildman–Crippen LogP) is 0.832. The molecule has 0 aromatic heterocycles. The van der Waals surface area contributed by atoms with E-state index in [1.165, 1.54) is 0 Å². The lowest BCUT2D eigenvalue weighted by Crippen LogP contribution is -2.38. The molecule has 2 rings (SSSR count). The van der Waals surface area contributed by atoms with E-state index in [9.17, 15) is 5.11 Å². The molecule has 4 nitrogen and oxygen atoms in total. The molecule has 4 heteroatoms. The zero-order valence-corrected chi connectivity index (χ0v) is 11.7. The van der Waals surface area contributed by atoms with Crippen molar-refractivity contribution < 1.29 is 9.84 Å². The van der Waals surface area contributed by atoms with E-state index < -0.39 is 0 Å². The number of benzene rings is 1. The molecular formula is C16H22N2O2. The second-order valence-electron chi connectivity index (χ2n) is 4.95. The average molecular weight is 274 g/mol. The van der Waals surface area contributed by atoms with E-state index in [1.54, 1.807) is 0 Å². The van der Waals surface area contributed by atoms with Crippen molar-refractivity contribution in [3.05, 3.63) is 29.8 Å². The SMILES string of the molecule is NCC#Cc1ccc(OCCN2CCC(O)CC2)cc1. The van der Waals surface area contributed by atoms with Crippen LogP contribution in [-0.4, -0.2) is 48.9 Å². The maximum absolute atomic E-state index is 9.44. The topological polar surface area (TPSA) is 58.7 Å². The minimum atomic E-state index is -0.116. The van der Waals surface area contributed by atoms with Gasteiger partial charge in [0.2, 0.25) is 0 Å². The maximum Gasteiger partial charge on any atom is 0.119 e. The summed E-state index contributed by atoms with van der Waals surface area (Å²) in [5, 5.41) is 9.44. The first-order chi connectivity index (χ1) is 9.78. The number of nitrogens with zero attached hydrogens (tertiary/aromatic N) is 1. The summed E-state index contributed by atoms with van der Waals surface area (Å²) < 4.78 is 5.72. The van der Waals surface area contributed by atoms with Crippen LogP contribution in [0.15, 0.2) is 24.3 Å². The van der Waals surface area contributed by atoms with E-state index in [2.05, 4.69) is 16.7 Å². The van der Waals surface area contributed by atoms with Gasteiger partial charge < -0.3 is 15.6 Å². The van der Waals surface area contributed by atoms with Gasteiger partial charge in [0.05, 0.1) is 12.6 Å². The van der Waals surface area contributed by atoms with Crippen LogP contribution in [0.25, 0.3) is 0 Å². The summed E-state index contributed by atoms with van der Waals surface area (Å²) in [6.45, 7) is 3.87. The molecule has 1 saturated heterocycles. The van der Waals surface area contributed by atoms with Gasteiger partial charge in [-0.3, -0.25) is 4.90 Å². The molecule has 0 radical (unpaired) electrons. The molecule has 1 aliphatic rings. The molecule has 0 saturated carbocycles. The standard InChI is InChI=1S/C16H22N2O2/c17-9-1-2-14-3-5-16(6-4-14)20-13-12-18-10-7-15(19)8-11-18/h3-6,15,19H,7-13,17H2. The second-order valence-corrected chi connectivity index (χ2v) is 4.95. The smallest absolute Gasteiger partial charge is 0.119 e. The molecular weight excluding hydrogens is 252 g/mol. The van der Waals surface area contributed by atoms with Gasteiger partial charge in [-0.15, -0.1) is 0 Å². The number of aliphatic hydroxyl groups excluding tert-OH is 1. The quantitative estimate of drug-likeness (QED) is 0.799. The number of nitrogens with two attached hydrogens (primary N) is 1. The summed E-state index contributed by atoms with van der Waals surface area (Å²) in [6.07, 6.45) is 1.62. The molecule has 0 unspecified atom stereocenters. The van der Waals surface area contributed by atoms with Crippen LogP contribution >= 0.6 is 0 Å². The van der Waals surface area contributed by atoms with Gasteiger partial charge in [0.1, 0.15) is 12.4 Å². The normalized spacial score (nSPS) is 16.5. The molecule has 0 atom stereocenters. The molecule has 1 aliphatic heterocycles. The fourth-order valence-electron chi connectivity index (χ4n) is 2.22. The third-order valence-corrected chi connectivity index (χ3v) is 3.42. The first kappa shape index (κ1) is 14.9.